The van der Waals surface area contributed by atoms with Gasteiger partial charge in [0.2, 0.25) is 6.29 Å². The van der Waals surface area contributed by atoms with Crippen molar-refractivity contribution < 1.29 is 227 Å². The van der Waals surface area contributed by atoms with Crippen LogP contribution in [0.5, 0.6) is 0 Å². The van der Waals surface area contributed by atoms with E-state index >= 15 is 4.79 Å². The fourth-order valence-electron chi connectivity index (χ4n) is 24.1. The van der Waals surface area contributed by atoms with Crippen LogP contribution in [0.25, 0.3) is 0 Å². The maximum absolute atomic E-state index is 16.4. The summed E-state index contributed by atoms with van der Waals surface area (Å²) in [6, 6.07) is 0. The molecule has 0 radical (unpaired) electrons. The van der Waals surface area contributed by atoms with E-state index in [0.29, 0.717) is 51.4 Å². The van der Waals surface area contributed by atoms with Gasteiger partial charge >= 0.3 is 23.9 Å². The van der Waals surface area contributed by atoms with Crippen LogP contribution in [-0.2, 0) is 109 Å². The Bertz CT molecular complexity index is 4100. The van der Waals surface area contributed by atoms with Crippen LogP contribution in [0.3, 0.4) is 0 Å². The molecule has 138 heavy (non-hydrogen) atoms. The minimum Gasteiger partial charge on any atom is -0.479 e. The number of aliphatic hydroxyl groups is 22. The van der Waals surface area contributed by atoms with Crippen LogP contribution in [0.15, 0.2) is 11.6 Å². The van der Waals surface area contributed by atoms with Crippen LogP contribution in [0.4, 0.5) is 0 Å². The molecule has 792 valence electrons. The number of esters is 3. The minimum atomic E-state index is -2.27. The van der Waals surface area contributed by atoms with Crippen molar-refractivity contribution in [3.05, 3.63) is 11.6 Å². The van der Waals surface area contributed by atoms with Crippen molar-refractivity contribution in [2.75, 3.05) is 39.6 Å². The number of aldehydes is 1. The molecule has 0 amide bonds. The molecule has 12 fully saturated rings. The number of hydrogen-bond acceptors (Lipinski definition) is 45. The molecule has 8 heterocycles. The molecular formula is C92H148O46. The molecule has 0 bridgehead atoms. The maximum Gasteiger partial charge on any atom is 0.335 e. The van der Waals surface area contributed by atoms with Crippen molar-refractivity contribution in [1.29, 1.82) is 0 Å². The van der Waals surface area contributed by atoms with Crippen molar-refractivity contribution in [1.82, 2.24) is 0 Å². The number of hydrogen-bond donors (Lipinski definition) is 23. The van der Waals surface area contributed by atoms with Crippen LogP contribution in [-0.4, -0.2) is 439 Å². The molecule has 46 heteroatoms. The second kappa shape index (κ2) is 44.1. The third-order valence-electron chi connectivity index (χ3n) is 33.3. The number of carbonyl (C=O) groups is 5. The van der Waals surface area contributed by atoms with Gasteiger partial charge < -0.3 is 208 Å². The molecule has 46 nitrogen and oxygen atoms in total. The van der Waals surface area contributed by atoms with Gasteiger partial charge in [0.15, 0.2) is 62.3 Å². The predicted molar refractivity (Wildman–Crippen MR) is 458 cm³/mol. The molecular weight excluding hydrogens is 1840 g/mol. The number of aliphatic hydroxyl groups excluding tert-OH is 21. The quantitative estimate of drug-likeness (QED) is 0.00924. The van der Waals surface area contributed by atoms with Gasteiger partial charge in [-0.3, -0.25) is 14.4 Å². The van der Waals surface area contributed by atoms with E-state index in [1.54, 1.807) is 27.7 Å². The predicted octanol–water partition coefficient (Wildman–Crippen LogP) is -5.69. The largest absolute Gasteiger partial charge is 0.479 e. The van der Waals surface area contributed by atoms with Crippen LogP contribution in [0.1, 0.15) is 179 Å². The Morgan fingerprint density at radius 1 is 0.507 bits per heavy atom. The topological polar surface area (TPSA) is 717 Å². The van der Waals surface area contributed by atoms with Crippen molar-refractivity contribution in [2.24, 2.45) is 62.1 Å². The molecule has 0 aromatic heterocycles. The number of allylic oxidation sites excluding steroid dienone is 2. The lowest BCUT2D eigenvalue weighted by molar-refractivity contribution is -0.391. The van der Waals surface area contributed by atoms with E-state index in [-0.39, 0.29) is 43.9 Å². The van der Waals surface area contributed by atoms with E-state index in [1.165, 1.54) is 13.8 Å². The molecule has 13 aliphatic rings. The lowest BCUT2D eigenvalue weighted by Gasteiger charge is -2.71. The van der Waals surface area contributed by atoms with Crippen LogP contribution < -0.4 is 0 Å². The Morgan fingerprint density at radius 3 is 1.69 bits per heavy atom. The fraction of sp³-hybridized carbons (Fsp3) is 0.924. The molecule has 13 rings (SSSR count). The highest BCUT2D eigenvalue weighted by molar-refractivity contribution is 5.80. The first kappa shape index (κ1) is 111. The Labute approximate surface area is 797 Å². The number of ether oxygens (including phenoxy) is 18. The molecule has 51 unspecified atom stereocenters. The Hall–Kier alpha value is -4.19. The second-order valence-electron chi connectivity index (χ2n) is 42.6. The smallest absolute Gasteiger partial charge is 0.335 e. The Morgan fingerprint density at radius 2 is 1.06 bits per heavy atom. The van der Waals surface area contributed by atoms with Gasteiger partial charge in [0.1, 0.15) is 152 Å². The Balaban J connectivity index is 0.748. The Kier molecular flexibility index (Phi) is 35.5. The summed E-state index contributed by atoms with van der Waals surface area (Å²) >= 11 is 0. The number of carboxylic acid groups (broad SMARTS) is 1. The lowest BCUT2D eigenvalue weighted by atomic mass is 9.33. The van der Waals surface area contributed by atoms with Gasteiger partial charge in [0, 0.05) is 12.8 Å². The average molecular weight is 1990 g/mol. The zero-order valence-electron chi connectivity index (χ0n) is 79.7. The summed E-state index contributed by atoms with van der Waals surface area (Å²) in [5, 5.41) is 256. The zero-order valence-corrected chi connectivity index (χ0v) is 79.7. The van der Waals surface area contributed by atoms with Gasteiger partial charge in [0.25, 0.3) is 0 Å². The number of aliphatic carboxylic acids is 1. The van der Waals surface area contributed by atoms with E-state index in [4.69, 9.17) is 85.3 Å². The van der Waals surface area contributed by atoms with Gasteiger partial charge in [-0.25, -0.2) is 4.79 Å². The third kappa shape index (κ3) is 21.4. The van der Waals surface area contributed by atoms with E-state index in [0.717, 1.165) is 11.9 Å². The highest BCUT2D eigenvalue weighted by Gasteiger charge is 2.74. The van der Waals surface area contributed by atoms with E-state index in [1.807, 2.05) is 20.8 Å². The first-order chi connectivity index (χ1) is 64.8. The molecule has 0 spiro atoms. The van der Waals surface area contributed by atoms with Gasteiger partial charge in [-0.05, 0) is 123 Å². The van der Waals surface area contributed by atoms with E-state index in [2.05, 4.69) is 26.8 Å². The van der Waals surface area contributed by atoms with Gasteiger partial charge in [0.05, 0.1) is 101 Å². The summed E-state index contributed by atoms with van der Waals surface area (Å²) in [7, 11) is 0. The van der Waals surface area contributed by atoms with Crippen LogP contribution in [0.2, 0.25) is 0 Å². The SMILES string of the molecule is CCC(C)C(CC(O)CC(=O)OC1C(C)OC(OC(=O)C23CCC(C)(C)CC2C2=CCC4C5(C)CCC(OC6OC(C(=O)O)C(O)C(OC7OCC(O)C(O)C7O)C6OC6OC(CO)C(O)C(O)C6O)C(C)(C=O)C5CCC4(C)C2(C)CC3O)C(OC2OC(C)C(OC3OCC(O)C(OC4OCC(O)(CO)C4O)C3O)C(O)C2O)C1O)OC(=O)CC(O)CC(OC1OC(CO)C(O)C1O)C(C)CC. The number of rotatable bonds is 35. The normalized spacial score (nSPS) is 48.7. The standard InChI is InChI=1S/C92H148O46/c1-13-36(3)46(126-54(102)25-41(98)24-47(37(4)14-2)127-80-62(110)58(106)49(30-94)128-80)23-40(97)26-55(103)131-69-39(6)125-82(73(65(69)113)136-79-64(112)60(108)68(38(5)124-79)132-78-67(115)70(45(100)32-122-78)133-84-75(116)91(120,34-96)35-123-84)138-85(119)92-22-21-86(7,8)27-43(92)42-15-16-51-87(9)19-18-53(88(10,33-95)50(87)17-20-89(51,11)90(42,12)28-52(92)101)130-83-74(137-81-63(111)59(107)57(105)48(29-93)129-81)71(66(114)72(135-83)76(117)118)134-77-61(109)56(104)44(99)31-121-77/h15,33,36-41,43-53,56-75,77-84,93-94,96-101,104-116,120H,13-14,16-32,34-35H2,1-12H3,(H,117,118). The zero-order chi connectivity index (χ0) is 101. The molecule has 0 aromatic rings. The fourth-order valence-corrected chi connectivity index (χ4v) is 24.1. The van der Waals surface area contributed by atoms with E-state index in [9.17, 15) is 137 Å². The summed E-state index contributed by atoms with van der Waals surface area (Å²) in [6.45, 7) is 17.6. The third-order valence-corrected chi connectivity index (χ3v) is 33.3. The summed E-state index contributed by atoms with van der Waals surface area (Å²) in [5.41, 5.74) is -7.70. The highest BCUT2D eigenvalue weighted by Crippen LogP contribution is 2.76. The lowest BCUT2D eigenvalue weighted by Crippen LogP contribution is -2.69. The monoisotopic (exact) mass is 1990 g/mol. The van der Waals surface area contributed by atoms with E-state index < -0.39 is 378 Å². The van der Waals surface area contributed by atoms with Crippen molar-refractivity contribution >= 4 is 30.2 Å². The maximum atomic E-state index is 16.4. The summed E-state index contributed by atoms with van der Waals surface area (Å²) < 4.78 is 108. The first-order valence-electron chi connectivity index (χ1n) is 48.3. The first-order valence-corrected chi connectivity index (χ1v) is 48.3. The van der Waals surface area contributed by atoms with Gasteiger partial charge in [-0.1, -0.05) is 93.7 Å². The van der Waals surface area contributed by atoms with Crippen molar-refractivity contribution in [3.8, 4) is 0 Å². The highest BCUT2D eigenvalue weighted by atomic mass is 16.8. The molecule has 5 aliphatic carbocycles. The van der Waals surface area contributed by atoms with Crippen LogP contribution in [0, 0.1) is 62.1 Å². The van der Waals surface area contributed by atoms with Crippen molar-refractivity contribution in [2.45, 2.75) is 431 Å². The van der Waals surface area contributed by atoms with Crippen LogP contribution >= 0.6 is 0 Å². The molecule has 0 aromatic carbocycles. The number of carboxylic acids is 1. The number of fused-ring (bicyclic) bond motifs is 7. The molecule has 4 saturated carbocycles. The van der Waals surface area contributed by atoms with Gasteiger partial charge in [-0.15, -0.1) is 0 Å². The van der Waals surface area contributed by atoms with Gasteiger partial charge in [-0.2, -0.15) is 0 Å². The summed E-state index contributed by atoms with van der Waals surface area (Å²) in [6.07, 6.45) is -66.5. The second-order valence-corrected chi connectivity index (χ2v) is 42.6. The molecule has 8 saturated heterocycles. The average Bonchev–Trinajstić information content (AvgIpc) is 0.726. The molecule has 51 atom stereocenters. The number of carbonyl (C=O) groups excluding carboxylic acids is 4. The molecule has 23 N–H and O–H groups in total. The summed E-state index contributed by atoms with van der Waals surface area (Å²) in [5.74, 6) is -7.25. The van der Waals surface area contributed by atoms with Crippen molar-refractivity contribution in [3.63, 3.8) is 0 Å². The summed E-state index contributed by atoms with van der Waals surface area (Å²) in [4.78, 5) is 72.1. The minimum absolute atomic E-state index is 0.0127. The molecule has 8 aliphatic heterocycles.